The monoisotopic (exact) mass is 234 g/mol. The maximum Gasteiger partial charge on any atom is 0.229 e. The maximum atomic E-state index is 12.7. The summed E-state index contributed by atoms with van der Waals surface area (Å²) in [5.41, 5.74) is -0.0853. The molecule has 1 amide bonds. The average Bonchev–Trinajstić information content (AvgIpc) is 3.07. The van der Waals surface area contributed by atoms with Crippen molar-refractivity contribution in [1.82, 2.24) is 4.90 Å². The minimum Gasteiger partial charge on any atom is -0.338 e. The van der Waals surface area contributed by atoms with E-state index in [4.69, 9.17) is 5.26 Å². The van der Waals surface area contributed by atoms with Gasteiger partial charge in [0.25, 0.3) is 0 Å². The van der Waals surface area contributed by atoms with Gasteiger partial charge < -0.3 is 4.90 Å². The molecule has 2 aliphatic carbocycles. The van der Waals surface area contributed by atoms with Gasteiger partial charge in [-0.15, -0.1) is 0 Å². The average molecular weight is 234 g/mol. The van der Waals surface area contributed by atoms with E-state index >= 15 is 0 Å². The Morgan fingerprint density at radius 1 is 1.41 bits per heavy atom. The highest BCUT2D eigenvalue weighted by molar-refractivity contribution is 5.83. The van der Waals surface area contributed by atoms with Crippen LogP contribution in [-0.4, -0.2) is 23.4 Å². The number of nitrogens with zero attached hydrogens (tertiary/aromatic N) is 2. The van der Waals surface area contributed by atoms with Crippen LogP contribution in [0.1, 0.15) is 58.3 Å². The number of hydrogen-bond acceptors (Lipinski definition) is 2. The fourth-order valence-corrected chi connectivity index (χ4v) is 3.08. The molecule has 2 aliphatic rings. The summed E-state index contributed by atoms with van der Waals surface area (Å²) in [6, 6.07) is 2.61. The van der Waals surface area contributed by atoms with E-state index in [1.807, 2.05) is 4.90 Å². The number of amides is 1. The van der Waals surface area contributed by atoms with Gasteiger partial charge in [-0.2, -0.15) is 5.26 Å². The second kappa shape index (κ2) is 5.08. The minimum atomic E-state index is -0.0853. The summed E-state index contributed by atoms with van der Waals surface area (Å²) in [5.74, 6) is 0.343. The lowest BCUT2D eigenvalue weighted by molar-refractivity contribution is -0.142. The SMILES string of the molecule is CCC1(C(=O)N(CCC#N)C2CC2)CCCC1. The highest BCUT2D eigenvalue weighted by atomic mass is 16.2. The number of carbonyl (C=O) groups excluding carboxylic acids is 1. The number of rotatable bonds is 5. The molecule has 0 radical (unpaired) electrons. The molecule has 3 nitrogen and oxygen atoms in total. The fraction of sp³-hybridized carbons (Fsp3) is 0.857. The molecule has 0 heterocycles. The van der Waals surface area contributed by atoms with Gasteiger partial charge in [0, 0.05) is 18.0 Å². The molecular weight excluding hydrogens is 212 g/mol. The van der Waals surface area contributed by atoms with Crippen molar-refractivity contribution < 1.29 is 4.79 Å². The van der Waals surface area contributed by atoms with Crippen LogP contribution in [0.2, 0.25) is 0 Å². The second-order valence-electron chi connectivity index (χ2n) is 5.48. The summed E-state index contributed by atoms with van der Waals surface area (Å²) in [5, 5.41) is 8.70. The third kappa shape index (κ3) is 2.46. The summed E-state index contributed by atoms with van der Waals surface area (Å²) in [4.78, 5) is 14.7. The molecule has 2 fully saturated rings. The van der Waals surface area contributed by atoms with Gasteiger partial charge in [-0.3, -0.25) is 4.79 Å². The van der Waals surface area contributed by atoms with E-state index < -0.39 is 0 Å². The maximum absolute atomic E-state index is 12.7. The molecule has 0 unspecified atom stereocenters. The summed E-state index contributed by atoms with van der Waals surface area (Å²) in [6.07, 6.45) is 8.19. The highest BCUT2D eigenvalue weighted by Crippen LogP contribution is 2.44. The molecule has 0 atom stereocenters. The standard InChI is InChI=1S/C14H22N2O/c1-2-14(8-3-4-9-14)13(17)16(11-5-10-15)12-6-7-12/h12H,2-9,11H2,1H3. The Balaban J connectivity index is 2.06. The molecule has 0 N–H and O–H groups in total. The zero-order valence-corrected chi connectivity index (χ0v) is 10.7. The smallest absolute Gasteiger partial charge is 0.229 e. The van der Waals surface area contributed by atoms with Crippen molar-refractivity contribution in [3.05, 3.63) is 0 Å². The number of hydrogen-bond donors (Lipinski definition) is 0. The van der Waals surface area contributed by atoms with Crippen molar-refractivity contribution in [2.45, 2.75) is 64.3 Å². The van der Waals surface area contributed by atoms with Crippen LogP contribution >= 0.6 is 0 Å². The molecule has 0 aliphatic heterocycles. The van der Waals surface area contributed by atoms with Crippen LogP contribution in [0.3, 0.4) is 0 Å². The Bertz CT molecular complexity index is 322. The van der Waals surface area contributed by atoms with Gasteiger partial charge in [-0.05, 0) is 32.1 Å². The van der Waals surface area contributed by atoms with E-state index in [2.05, 4.69) is 13.0 Å². The van der Waals surface area contributed by atoms with Crippen LogP contribution < -0.4 is 0 Å². The van der Waals surface area contributed by atoms with Crippen molar-refractivity contribution in [3.63, 3.8) is 0 Å². The fourth-order valence-electron chi connectivity index (χ4n) is 3.08. The lowest BCUT2D eigenvalue weighted by Crippen LogP contribution is -2.44. The molecule has 17 heavy (non-hydrogen) atoms. The first-order valence-electron chi connectivity index (χ1n) is 6.91. The third-order valence-corrected chi connectivity index (χ3v) is 4.40. The molecule has 0 aromatic carbocycles. The second-order valence-corrected chi connectivity index (χ2v) is 5.48. The molecule has 0 aromatic heterocycles. The van der Waals surface area contributed by atoms with Crippen LogP contribution in [0.15, 0.2) is 0 Å². The van der Waals surface area contributed by atoms with Crippen molar-refractivity contribution in [2.75, 3.05) is 6.54 Å². The first-order valence-corrected chi connectivity index (χ1v) is 6.91. The molecule has 2 rings (SSSR count). The topological polar surface area (TPSA) is 44.1 Å². The van der Waals surface area contributed by atoms with Crippen LogP contribution in [0.4, 0.5) is 0 Å². The van der Waals surface area contributed by atoms with Crippen molar-refractivity contribution in [3.8, 4) is 6.07 Å². The van der Waals surface area contributed by atoms with Gasteiger partial charge in [-0.25, -0.2) is 0 Å². The van der Waals surface area contributed by atoms with E-state index in [1.165, 1.54) is 12.8 Å². The van der Waals surface area contributed by atoms with Gasteiger partial charge in [0.2, 0.25) is 5.91 Å². The molecule has 2 saturated carbocycles. The Labute approximate surface area is 104 Å². The lowest BCUT2D eigenvalue weighted by atomic mass is 9.81. The van der Waals surface area contributed by atoms with Gasteiger partial charge in [-0.1, -0.05) is 19.8 Å². The van der Waals surface area contributed by atoms with Crippen molar-refractivity contribution in [2.24, 2.45) is 5.41 Å². The first kappa shape index (κ1) is 12.4. The Kier molecular flexibility index (Phi) is 3.71. The zero-order chi connectivity index (χ0) is 12.3. The first-order chi connectivity index (χ1) is 8.23. The number of nitriles is 1. The summed E-state index contributed by atoms with van der Waals surface area (Å²) >= 11 is 0. The van der Waals surface area contributed by atoms with E-state index in [0.717, 1.165) is 32.1 Å². The van der Waals surface area contributed by atoms with Gasteiger partial charge >= 0.3 is 0 Å². The Morgan fingerprint density at radius 3 is 2.53 bits per heavy atom. The normalized spacial score (nSPS) is 22.1. The Hall–Kier alpha value is -1.04. The van der Waals surface area contributed by atoms with Gasteiger partial charge in [0.1, 0.15) is 0 Å². The van der Waals surface area contributed by atoms with Crippen LogP contribution in [-0.2, 0) is 4.79 Å². The van der Waals surface area contributed by atoms with Gasteiger partial charge in [0.15, 0.2) is 0 Å². The summed E-state index contributed by atoms with van der Waals surface area (Å²) < 4.78 is 0. The largest absolute Gasteiger partial charge is 0.338 e. The quantitative estimate of drug-likeness (QED) is 0.734. The summed E-state index contributed by atoms with van der Waals surface area (Å²) in [6.45, 7) is 2.78. The predicted octanol–water partition coefficient (Wildman–Crippen LogP) is 2.86. The van der Waals surface area contributed by atoms with Crippen LogP contribution in [0, 0.1) is 16.7 Å². The minimum absolute atomic E-state index is 0.0853. The van der Waals surface area contributed by atoms with E-state index in [-0.39, 0.29) is 5.41 Å². The lowest BCUT2D eigenvalue weighted by Gasteiger charge is -2.33. The third-order valence-electron chi connectivity index (χ3n) is 4.40. The van der Waals surface area contributed by atoms with E-state index in [1.54, 1.807) is 0 Å². The predicted molar refractivity (Wildman–Crippen MR) is 66.2 cm³/mol. The molecule has 0 spiro atoms. The van der Waals surface area contributed by atoms with Gasteiger partial charge in [0.05, 0.1) is 12.5 Å². The summed E-state index contributed by atoms with van der Waals surface area (Å²) in [7, 11) is 0. The van der Waals surface area contributed by atoms with Crippen molar-refractivity contribution >= 4 is 5.91 Å². The molecular formula is C14H22N2O. The molecule has 0 bridgehead atoms. The van der Waals surface area contributed by atoms with E-state index in [9.17, 15) is 4.79 Å². The highest BCUT2D eigenvalue weighted by Gasteiger charge is 2.45. The molecule has 0 aromatic rings. The van der Waals surface area contributed by atoms with Crippen molar-refractivity contribution in [1.29, 1.82) is 5.26 Å². The van der Waals surface area contributed by atoms with E-state index in [0.29, 0.717) is 24.9 Å². The zero-order valence-electron chi connectivity index (χ0n) is 10.7. The van der Waals surface area contributed by atoms with Crippen LogP contribution in [0.5, 0.6) is 0 Å². The molecule has 0 saturated heterocycles. The molecule has 3 heteroatoms. The molecule has 94 valence electrons. The Morgan fingerprint density at radius 2 is 2.06 bits per heavy atom. The van der Waals surface area contributed by atoms with Crippen LogP contribution in [0.25, 0.3) is 0 Å². The number of carbonyl (C=O) groups is 1.